The first-order valence-electron chi connectivity index (χ1n) is 13.9. The number of nitrogens with zero attached hydrogens (tertiary/aromatic N) is 1. The molecule has 0 aromatic heterocycles. The second-order valence-electron chi connectivity index (χ2n) is 10.5. The molecule has 1 saturated heterocycles. The molecule has 0 saturated carbocycles. The number of hydrogen-bond donors (Lipinski definition) is 1. The Morgan fingerprint density at radius 2 is 1.50 bits per heavy atom. The molecule has 1 fully saturated rings. The van der Waals surface area contributed by atoms with Gasteiger partial charge < -0.3 is 15.0 Å². The van der Waals surface area contributed by atoms with Gasteiger partial charge in [0.1, 0.15) is 5.75 Å². The fraction of sp³-hybridized carbons (Fsp3) is 0.235. The van der Waals surface area contributed by atoms with Crippen molar-refractivity contribution in [3.63, 3.8) is 0 Å². The number of carbonyl (C=O) groups is 2. The molecule has 5 rings (SSSR count). The van der Waals surface area contributed by atoms with Crippen molar-refractivity contribution in [1.82, 2.24) is 0 Å². The Labute approximate surface area is 242 Å². The summed E-state index contributed by atoms with van der Waals surface area (Å²) in [6.07, 6.45) is -2.28. The Morgan fingerprint density at radius 3 is 2.17 bits per heavy atom. The van der Waals surface area contributed by atoms with Crippen LogP contribution in [0.4, 0.5) is 24.5 Å². The first-order valence-corrected chi connectivity index (χ1v) is 13.9. The molecule has 0 unspecified atom stereocenters. The van der Waals surface area contributed by atoms with Crippen LogP contribution >= 0.6 is 0 Å². The number of ether oxygens (including phenoxy) is 1. The SMILES string of the molecule is Cc1ccccc1OC(=O)CC1CCN(c2ccc(NC(=O)c3ccccc3-c3ccc(C(F)(F)F)cc3)cc2)CC1. The quantitative estimate of drug-likeness (QED) is 0.179. The summed E-state index contributed by atoms with van der Waals surface area (Å²) in [7, 11) is 0. The largest absolute Gasteiger partial charge is 0.426 e. The van der Waals surface area contributed by atoms with Crippen molar-refractivity contribution in [3.8, 4) is 16.9 Å². The molecule has 1 N–H and O–H groups in total. The predicted molar refractivity (Wildman–Crippen MR) is 158 cm³/mol. The normalized spacial score (nSPS) is 14.0. The molecule has 42 heavy (non-hydrogen) atoms. The summed E-state index contributed by atoms with van der Waals surface area (Å²) in [6, 6.07) is 26.7. The van der Waals surface area contributed by atoms with Gasteiger partial charge in [0.05, 0.1) is 5.56 Å². The van der Waals surface area contributed by atoms with Crippen LogP contribution in [0.3, 0.4) is 0 Å². The average Bonchev–Trinajstić information content (AvgIpc) is 2.99. The molecular weight excluding hydrogens is 541 g/mol. The smallest absolute Gasteiger partial charge is 0.416 e. The lowest BCUT2D eigenvalue weighted by Crippen LogP contribution is -2.34. The summed E-state index contributed by atoms with van der Waals surface area (Å²) in [5, 5.41) is 2.90. The molecule has 4 aromatic rings. The Bertz CT molecular complexity index is 1540. The van der Waals surface area contributed by atoms with Crippen LogP contribution in [-0.2, 0) is 11.0 Å². The summed E-state index contributed by atoms with van der Waals surface area (Å²) in [5.74, 6) is 0.315. The minimum atomic E-state index is -4.42. The van der Waals surface area contributed by atoms with Gasteiger partial charge in [0.25, 0.3) is 5.91 Å². The fourth-order valence-electron chi connectivity index (χ4n) is 5.19. The van der Waals surface area contributed by atoms with Crippen molar-refractivity contribution in [3.05, 3.63) is 114 Å². The summed E-state index contributed by atoms with van der Waals surface area (Å²) < 4.78 is 44.5. The van der Waals surface area contributed by atoms with Crippen molar-refractivity contribution in [2.24, 2.45) is 5.92 Å². The number of anilines is 2. The lowest BCUT2D eigenvalue weighted by molar-refractivity contribution is -0.137. The molecule has 1 heterocycles. The molecule has 0 radical (unpaired) electrons. The number of hydrogen-bond acceptors (Lipinski definition) is 4. The van der Waals surface area contributed by atoms with E-state index in [-0.39, 0.29) is 17.8 Å². The number of carbonyl (C=O) groups excluding carboxylic acids is 2. The van der Waals surface area contributed by atoms with Gasteiger partial charge >= 0.3 is 12.1 Å². The second kappa shape index (κ2) is 12.5. The van der Waals surface area contributed by atoms with Crippen LogP contribution in [0.5, 0.6) is 5.75 Å². The number of esters is 1. The number of para-hydroxylation sites is 1. The van der Waals surface area contributed by atoms with Crippen molar-refractivity contribution in [2.75, 3.05) is 23.3 Å². The van der Waals surface area contributed by atoms with Crippen LogP contribution in [0, 0.1) is 12.8 Å². The first-order chi connectivity index (χ1) is 20.2. The number of amides is 1. The van der Waals surface area contributed by atoms with E-state index >= 15 is 0 Å². The van der Waals surface area contributed by atoms with Gasteiger partial charge in [-0.15, -0.1) is 0 Å². The van der Waals surface area contributed by atoms with Gasteiger partial charge in [0.15, 0.2) is 0 Å². The molecule has 4 aromatic carbocycles. The van der Waals surface area contributed by atoms with Gasteiger partial charge in [-0.1, -0.05) is 48.5 Å². The number of halogens is 3. The van der Waals surface area contributed by atoms with Gasteiger partial charge in [0.2, 0.25) is 0 Å². The standard InChI is InChI=1S/C34H31F3N2O3/c1-23-6-2-5-9-31(23)42-32(40)22-24-18-20-39(21-19-24)28-16-14-27(15-17-28)38-33(41)30-8-4-3-7-29(30)25-10-12-26(13-11-25)34(35,36)37/h2-17,24H,18-22H2,1H3,(H,38,41). The third kappa shape index (κ3) is 7.00. The highest BCUT2D eigenvalue weighted by atomic mass is 19.4. The van der Waals surface area contributed by atoms with Crippen molar-refractivity contribution in [1.29, 1.82) is 0 Å². The number of nitrogens with one attached hydrogen (secondary N) is 1. The molecule has 5 nitrogen and oxygen atoms in total. The van der Waals surface area contributed by atoms with Crippen LogP contribution in [0.15, 0.2) is 97.1 Å². The third-order valence-electron chi connectivity index (χ3n) is 7.57. The molecule has 8 heteroatoms. The fourth-order valence-corrected chi connectivity index (χ4v) is 5.19. The topological polar surface area (TPSA) is 58.6 Å². The van der Waals surface area contributed by atoms with E-state index in [2.05, 4.69) is 10.2 Å². The van der Waals surface area contributed by atoms with Gasteiger partial charge in [-0.3, -0.25) is 9.59 Å². The lowest BCUT2D eigenvalue weighted by Gasteiger charge is -2.33. The van der Waals surface area contributed by atoms with Crippen molar-refractivity contribution >= 4 is 23.3 Å². The van der Waals surface area contributed by atoms with E-state index in [0.717, 1.165) is 49.3 Å². The molecule has 0 spiro atoms. The molecule has 0 atom stereocenters. The minimum absolute atomic E-state index is 0.206. The van der Waals surface area contributed by atoms with Crippen LogP contribution in [0.1, 0.15) is 40.7 Å². The number of benzene rings is 4. The number of alkyl halides is 3. The van der Waals surface area contributed by atoms with Crippen LogP contribution in [0.25, 0.3) is 11.1 Å². The highest BCUT2D eigenvalue weighted by Gasteiger charge is 2.30. The third-order valence-corrected chi connectivity index (χ3v) is 7.57. The van der Waals surface area contributed by atoms with E-state index in [1.54, 1.807) is 30.3 Å². The molecule has 1 aliphatic heterocycles. The zero-order chi connectivity index (χ0) is 29.7. The number of aryl methyl sites for hydroxylation is 1. The zero-order valence-electron chi connectivity index (χ0n) is 23.2. The molecule has 0 aliphatic carbocycles. The van der Waals surface area contributed by atoms with Crippen LogP contribution < -0.4 is 15.0 Å². The summed E-state index contributed by atoms with van der Waals surface area (Å²) >= 11 is 0. The number of rotatable bonds is 7. The average molecular weight is 573 g/mol. The highest BCUT2D eigenvalue weighted by Crippen LogP contribution is 2.32. The van der Waals surface area contributed by atoms with E-state index < -0.39 is 11.7 Å². The summed E-state index contributed by atoms with van der Waals surface area (Å²) in [5.41, 5.74) is 3.27. The zero-order valence-corrected chi connectivity index (χ0v) is 23.2. The summed E-state index contributed by atoms with van der Waals surface area (Å²) in [4.78, 5) is 27.9. The summed E-state index contributed by atoms with van der Waals surface area (Å²) in [6.45, 7) is 3.54. The maximum absolute atomic E-state index is 13.1. The van der Waals surface area contributed by atoms with Gasteiger partial charge in [0, 0.05) is 36.4 Å². The minimum Gasteiger partial charge on any atom is -0.426 e. The first kappa shape index (κ1) is 28.9. The molecule has 216 valence electrons. The van der Waals surface area contributed by atoms with Crippen LogP contribution in [-0.4, -0.2) is 25.0 Å². The van der Waals surface area contributed by atoms with Crippen molar-refractivity contribution in [2.45, 2.75) is 32.4 Å². The van der Waals surface area contributed by atoms with Crippen LogP contribution in [0.2, 0.25) is 0 Å². The maximum atomic E-state index is 13.1. The van der Waals surface area contributed by atoms with Gasteiger partial charge in [-0.2, -0.15) is 13.2 Å². The highest BCUT2D eigenvalue weighted by molar-refractivity contribution is 6.08. The molecule has 1 aliphatic rings. The van der Waals surface area contributed by atoms with E-state index in [1.165, 1.54) is 12.1 Å². The Balaban J connectivity index is 1.16. The predicted octanol–water partition coefficient (Wildman–Crippen LogP) is 8.15. The Morgan fingerprint density at radius 1 is 0.857 bits per heavy atom. The monoisotopic (exact) mass is 572 g/mol. The second-order valence-corrected chi connectivity index (χ2v) is 10.5. The molecular formula is C34H31F3N2O3. The Kier molecular flexibility index (Phi) is 8.61. The number of piperidine rings is 1. The van der Waals surface area contributed by atoms with E-state index in [4.69, 9.17) is 4.74 Å². The molecule has 1 amide bonds. The lowest BCUT2D eigenvalue weighted by atomic mass is 9.93. The van der Waals surface area contributed by atoms with Gasteiger partial charge in [-0.05, 0) is 90.9 Å². The van der Waals surface area contributed by atoms with Gasteiger partial charge in [-0.25, -0.2) is 0 Å². The van der Waals surface area contributed by atoms with E-state index in [0.29, 0.717) is 34.5 Å². The Hall–Kier alpha value is -4.59. The van der Waals surface area contributed by atoms with Crippen molar-refractivity contribution < 1.29 is 27.5 Å². The van der Waals surface area contributed by atoms with E-state index in [1.807, 2.05) is 49.4 Å². The van der Waals surface area contributed by atoms with E-state index in [9.17, 15) is 22.8 Å². The molecule has 0 bridgehead atoms. The maximum Gasteiger partial charge on any atom is 0.416 e.